The van der Waals surface area contributed by atoms with Crippen LogP contribution in [0, 0.1) is 13.8 Å². The van der Waals surface area contributed by atoms with Crippen LogP contribution in [0.3, 0.4) is 0 Å². The van der Waals surface area contributed by atoms with Crippen LogP contribution < -0.4 is 4.90 Å². The average molecular weight is 334 g/mol. The van der Waals surface area contributed by atoms with Crippen LogP contribution in [-0.2, 0) is 14.3 Å². The molecule has 1 aromatic heterocycles. The summed E-state index contributed by atoms with van der Waals surface area (Å²) in [6.45, 7) is 8.32. The van der Waals surface area contributed by atoms with E-state index < -0.39 is 0 Å². The molecule has 7 heteroatoms. The molecule has 3 rings (SSSR count). The van der Waals surface area contributed by atoms with Gasteiger partial charge in [-0.3, -0.25) is 4.79 Å². The fourth-order valence-corrected chi connectivity index (χ4v) is 3.19. The van der Waals surface area contributed by atoms with E-state index in [1.165, 1.54) is 0 Å². The number of carbonyl (C=O) groups is 1. The molecule has 2 aliphatic heterocycles. The number of anilines is 1. The molecular weight excluding hydrogens is 308 g/mol. The molecule has 24 heavy (non-hydrogen) atoms. The van der Waals surface area contributed by atoms with Crippen molar-refractivity contribution in [2.75, 3.05) is 50.9 Å². The first-order chi connectivity index (χ1) is 11.6. The number of nitrogens with zero attached hydrogens (tertiary/aromatic N) is 4. The normalized spacial score (nSPS) is 21.3. The first-order valence-corrected chi connectivity index (χ1v) is 8.66. The maximum atomic E-state index is 12.2. The van der Waals surface area contributed by atoms with Crippen molar-refractivity contribution in [1.82, 2.24) is 14.9 Å². The standard InChI is InChI=1S/C17H26N4O3/c1-13-10-16(19-14(2)18-13)20-5-7-21(8-6-20)17(22)12-23-11-15-4-3-9-24-15/h10,15H,3-9,11-12H2,1-2H3/t15-/m1/s1. The molecule has 3 heterocycles. The van der Waals surface area contributed by atoms with Crippen LogP contribution in [-0.4, -0.2) is 72.9 Å². The molecule has 132 valence electrons. The van der Waals surface area contributed by atoms with Crippen molar-refractivity contribution in [2.24, 2.45) is 0 Å². The Morgan fingerprint density at radius 1 is 1.29 bits per heavy atom. The molecule has 0 radical (unpaired) electrons. The van der Waals surface area contributed by atoms with Gasteiger partial charge in [0.25, 0.3) is 0 Å². The number of aromatic nitrogens is 2. The zero-order chi connectivity index (χ0) is 16.9. The number of amides is 1. The molecule has 2 fully saturated rings. The Morgan fingerprint density at radius 2 is 2.08 bits per heavy atom. The van der Waals surface area contributed by atoms with E-state index in [-0.39, 0.29) is 18.6 Å². The molecule has 2 saturated heterocycles. The summed E-state index contributed by atoms with van der Waals surface area (Å²) in [6, 6.07) is 2.00. The predicted molar refractivity (Wildman–Crippen MR) is 90.1 cm³/mol. The SMILES string of the molecule is Cc1cc(N2CCN(C(=O)COC[C@H]3CCCO3)CC2)nc(C)n1. The minimum atomic E-state index is 0.0581. The minimum Gasteiger partial charge on any atom is -0.376 e. The van der Waals surface area contributed by atoms with Gasteiger partial charge in [0.2, 0.25) is 5.91 Å². The van der Waals surface area contributed by atoms with Gasteiger partial charge >= 0.3 is 0 Å². The molecular formula is C17H26N4O3. The molecule has 0 bridgehead atoms. The number of carbonyl (C=O) groups excluding carboxylic acids is 1. The minimum absolute atomic E-state index is 0.0581. The summed E-state index contributed by atoms with van der Waals surface area (Å²) in [5.74, 6) is 1.79. The Kier molecular flexibility index (Phi) is 5.63. The number of ether oxygens (including phenoxy) is 2. The Morgan fingerprint density at radius 3 is 2.75 bits per heavy atom. The highest BCUT2D eigenvalue weighted by Gasteiger charge is 2.23. The maximum Gasteiger partial charge on any atom is 0.248 e. The average Bonchev–Trinajstić information content (AvgIpc) is 3.07. The topological polar surface area (TPSA) is 67.8 Å². The number of hydrogen-bond acceptors (Lipinski definition) is 6. The van der Waals surface area contributed by atoms with Crippen molar-refractivity contribution < 1.29 is 14.3 Å². The van der Waals surface area contributed by atoms with Gasteiger partial charge in [-0.05, 0) is 26.7 Å². The van der Waals surface area contributed by atoms with Gasteiger partial charge in [0.15, 0.2) is 0 Å². The quantitative estimate of drug-likeness (QED) is 0.798. The van der Waals surface area contributed by atoms with Crippen molar-refractivity contribution in [2.45, 2.75) is 32.8 Å². The zero-order valence-electron chi connectivity index (χ0n) is 14.5. The first-order valence-electron chi connectivity index (χ1n) is 8.66. The number of aryl methyl sites for hydroxylation is 2. The second-order valence-corrected chi connectivity index (χ2v) is 6.43. The molecule has 0 N–H and O–H groups in total. The third-order valence-corrected chi connectivity index (χ3v) is 4.46. The van der Waals surface area contributed by atoms with E-state index in [9.17, 15) is 4.79 Å². The van der Waals surface area contributed by atoms with Crippen molar-refractivity contribution in [1.29, 1.82) is 0 Å². The Labute approximate surface area is 143 Å². The molecule has 1 aromatic rings. The second kappa shape index (κ2) is 7.90. The molecule has 0 saturated carbocycles. The number of rotatable bonds is 5. The van der Waals surface area contributed by atoms with Crippen LogP contribution in [0.5, 0.6) is 0 Å². The van der Waals surface area contributed by atoms with Gasteiger partial charge in [-0.25, -0.2) is 9.97 Å². The van der Waals surface area contributed by atoms with Crippen LogP contribution in [0.1, 0.15) is 24.4 Å². The summed E-state index contributed by atoms with van der Waals surface area (Å²) in [4.78, 5) is 25.1. The van der Waals surface area contributed by atoms with Crippen LogP contribution in [0.4, 0.5) is 5.82 Å². The zero-order valence-corrected chi connectivity index (χ0v) is 14.5. The van der Waals surface area contributed by atoms with Crippen molar-refractivity contribution >= 4 is 11.7 Å². The molecule has 7 nitrogen and oxygen atoms in total. The van der Waals surface area contributed by atoms with E-state index in [1.807, 2.05) is 24.8 Å². The lowest BCUT2D eigenvalue weighted by Crippen LogP contribution is -2.50. The highest BCUT2D eigenvalue weighted by molar-refractivity contribution is 5.77. The highest BCUT2D eigenvalue weighted by Crippen LogP contribution is 2.15. The molecule has 1 amide bonds. The summed E-state index contributed by atoms with van der Waals surface area (Å²) >= 11 is 0. The summed E-state index contributed by atoms with van der Waals surface area (Å²) in [5, 5.41) is 0. The third-order valence-electron chi connectivity index (χ3n) is 4.46. The lowest BCUT2D eigenvalue weighted by molar-refractivity contribution is -0.137. The van der Waals surface area contributed by atoms with Gasteiger partial charge in [-0.15, -0.1) is 0 Å². The van der Waals surface area contributed by atoms with Crippen molar-refractivity contribution in [3.8, 4) is 0 Å². The predicted octanol–water partition coefficient (Wildman–Crippen LogP) is 0.938. The van der Waals surface area contributed by atoms with Crippen molar-refractivity contribution in [3.05, 3.63) is 17.6 Å². The molecule has 2 aliphatic rings. The molecule has 1 atom stereocenters. The first kappa shape index (κ1) is 17.1. The summed E-state index contributed by atoms with van der Waals surface area (Å²) < 4.78 is 11.0. The Hall–Kier alpha value is -1.73. The van der Waals surface area contributed by atoms with Gasteiger partial charge in [-0.1, -0.05) is 0 Å². The second-order valence-electron chi connectivity index (χ2n) is 6.43. The summed E-state index contributed by atoms with van der Waals surface area (Å²) in [5.41, 5.74) is 0.971. The fraction of sp³-hybridized carbons (Fsp3) is 0.706. The van der Waals surface area contributed by atoms with E-state index in [4.69, 9.17) is 9.47 Å². The van der Waals surface area contributed by atoms with E-state index >= 15 is 0 Å². The molecule has 0 unspecified atom stereocenters. The fourth-order valence-electron chi connectivity index (χ4n) is 3.19. The molecule has 0 aromatic carbocycles. The van der Waals surface area contributed by atoms with Gasteiger partial charge in [-0.2, -0.15) is 0 Å². The van der Waals surface area contributed by atoms with E-state index in [0.717, 1.165) is 49.9 Å². The highest BCUT2D eigenvalue weighted by atomic mass is 16.5. The number of piperazine rings is 1. The van der Waals surface area contributed by atoms with Crippen LogP contribution in [0.25, 0.3) is 0 Å². The molecule has 0 aliphatic carbocycles. The van der Waals surface area contributed by atoms with Crippen molar-refractivity contribution in [3.63, 3.8) is 0 Å². The Balaban J connectivity index is 1.43. The van der Waals surface area contributed by atoms with Crippen LogP contribution in [0.2, 0.25) is 0 Å². The van der Waals surface area contributed by atoms with Crippen LogP contribution in [0.15, 0.2) is 6.07 Å². The number of hydrogen-bond donors (Lipinski definition) is 0. The van der Waals surface area contributed by atoms with Gasteiger partial charge in [0, 0.05) is 44.5 Å². The lowest BCUT2D eigenvalue weighted by atomic mass is 10.2. The monoisotopic (exact) mass is 334 g/mol. The van der Waals surface area contributed by atoms with Crippen LogP contribution >= 0.6 is 0 Å². The van der Waals surface area contributed by atoms with Gasteiger partial charge in [0.1, 0.15) is 18.2 Å². The van der Waals surface area contributed by atoms with E-state index in [2.05, 4.69) is 14.9 Å². The van der Waals surface area contributed by atoms with Gasteiger partial charge in [0.05, 0.1) is 12.7 Å². The summed E-state index contributed by atoms with van der Waals surface area (Å²) in [7, 11) is 0. The Bertz CT molecular complexity index is 547. The third kappa shape index (κ3) is 4.42. The van der Waals surface area contributed by atoms with Gasteiger partial charge < -0.3 is 19.3 Å². The largest absolute Gasteiger partial charge is 0.376 e. The van der Waals surface area contributed by atoms with E-state index in [0.29, 0.717) is 19.7 Å². The van der Waals surface area contributed by atoms with E-state index in [1.54, 1.807) is 0 Å². The lowest BCUT2D eigenvalue weighted by Gasteiger charge is -2.35. The smallest absolute Gasteiger partial charge is 0.248 e. The summed E-state index contributed by atoms with van der Waals surface area (Å²) in [6.07, 6.45) is 2.29. The molecule has 0 spiro atoms. The maximum absolute atomic E-state index is 12.2.